The van der Waals surface area contributed by atoms with Crippen molar-refractivity contribution < 1.29 is 4.79 Å². The quantitative estimate of drug-likeness (QED) is 0.597. The number of hydrogen-bond donors (Lipinski definition) is 1. The van der Waals surface area contributed by atoms with Crippen molar-refractivity contribution in [2.75, 3.05) is 5.32 Å². The molecule has 4 rings (SSSR count). The van der Waals surface area contributed by atoms with Crippen molar-refractivity contribution in [2.24, 2.45) is 0 Å². The Labute approximate surface area is 152 Å². The lowest BCUT2D eigenvalue weighted by Crippen LogP contribution is -2.29. The fourth-order valence-electron chi connectivity index (χ4n) is 2.87. The van der Waals surface area contributed by atoms with Gasteiger partial charge in [-0.05, 0) is 38.5 Å². The van der Waals surface area contributed by atoms with Crippen LogP contribution in [-0.2, 0) is 11.3 Å². The van der Waals surface area contributed by atoms with Crippen LogP contribution in [-0.4, -0.2) is 30.1 Å². The van der Waals surface area contributed by atoms with Gasteiger partial charge in [-0.25, -0.2) is 23.8 Å². The summed E-state index contributed by atoms with van der Waals surface area (Å²) in [5.41, 5.74) is 1.20. The standard InChI is InChI=1S/C17H16N6O2S/c1-9-10(2)26-16-14(9)15-21-22(17(25)23(15)11(3)19-16)8-13(24)20-12-6-4-5-7-18-12/h4-7H,8H2,1-3H3,(H,18,20,24). The van der Waals surface area contributed by atoms with Gasteiger partial charge in [0.05, 0.1) is 5.39 Å². The number of carbonyl (C=O) groups is 1. The first-order chi connectivity index (χ1) is 12.5. The van der Waals surface area contributed by atoms with Crippen LogP contribution < -0.4 is 11.0 Å². The highest BCUT2D eigenvalue weighted by atomic mass is 32.1. The van der Waals surface area contributed by atoms with Crippen LogP contribution in [0.3, 0.4) is 0 Å². The molecule has 132 valence electrons. The molecule has 0 aliphatic heterocycles. The molecule has 4 aromatic rings. The molecule has 4 heterocycles. The molecule has 0 aliphatic rings. The third-order valence-corrected chi connectivity index (χ3v) is 5.34. The van der Waals surface area contributed by atoms with E-state index in [1.807, 2.05) is 13.8 Å². The third-order valence-electron chi connectivity index (χ3n) is 4.24. The molecule has 4 aromatic heterocycles. The maximum Gasteiger partial charge on any atom is 0.352 e. The number of carbonyl (C=O) groups excluding carboxylic acids is 1. The summed E-state index contributed by atoms with van der Waals surface area (Å²) >= 11 is 1.58. The van der Waals surface area contributed by atoms with E-state index >= 15 is 0 Å². The van der Waals surface area contributed by atoms with Crippen LogP contribution in [0.5, 0.6) is 0 Å². The number of rotatable bonds is 3. The van der Waals surface area contributed by atoms with Gasteiger partial charge in [0.1, 0.15) is 23.0 Å². The van der Waals surface area contributed by atoms with Crippen LogP contribution in [0.4, 0.5) is 5.82 Å². The highest BCUT2D eigenvalue weighted by molar-refractivity contribution is 7.18. The summed E-state index contributed by atoms with van der Waals surface area (Å²) in [5, 5.41) is 7.93. The van der Waals surface area contributed by atoms with Gasteiger partial charge in [-0.2, -0.15) is 0 Å². The topological polar surface area (TPSA) is 94.2 Å². The SMILES string of the molecule is Cc1sc2nc(C)n3c(=O)n(CC(=O)Nc4ccccn4)nc3c2c1C. The summed E-state index contributed by atoms with van der Waals surface area (Å²) in [6.45, 7) is 5.57. The largest absolute Gasteiger partial charge is 0.352 e. The second kappa shape index (κ2) is 6.03. The Kier molecular flexibility index (Phi) is 3.80. The molecule has 0 spiro atoms. The predicted molar refractivity (Wildman–Crippen MR) is 99.7 cm³/mol. The van der Waals surface area contributed by atoms with Crippen LogP contribution in [0.25, 0.3) is 15.9 Å². The first-order valence-electron chi connectivity index (χ1n) is 8.02. The van der Waals surface area contributed by atoms with Gasteiger partial charge in [0.15, 0.2) is 5.65 Å². The molecule has 0 saturated heterocycles. The van der Waals surface area contributed by atoms with Crippen LogP contribution >= 0.6 is 11.3 Å². The van der Waals surface area contributed by atoms with Gasteiger partial charge in [0.2, 0.25) is 5.91 Å². The molecule has 0 saturated carbocycles. The van der Waals surface area contributed by atoms with Crippen LogP contribution in [0.2, 0.25) is 0 Å². The van der Waals surface area contributed by atoms with Gasteiger partial charge in [-0.1, -0.05) is 6.07 Å². The number of hydrogen-bond acceptors (Lipinski definition) is 6. The highest BCUT2D eigenvalue weighted by Gasteiger charge is 2.19. The summed E-state index contributed by atoms with van der Waals surface area (Å²) in [7, 11) is 0. The third kappa shape index (κ3) is 2.57. The summed E-state index contributed by atoms with van der Waals surface area (Å²) in [4.78, 5) is 35.5. The molecule has 0 aliphatic carbocycles. The molecule has 1 N–H and O–H groups in total. The van der Waals surface area contributed by atoms with Gasteiger partial charge in [-0.15, -0.1) is 16.4 Å². The molecule has 0 fully saturated rings. The second-order valence-electron chi connectivity index (χ2n) is 5.98. The van der Waals surface area contributed by atoms with E-state index in [4.69, 9.17) is 0 Å². The number of pyridine rings is 1. The maximum absolute atomic E-state index is 12.7. The van der Waals surface area contributed by atoms with Crippen molar-refractivity contribution in [3.05, 3.63) is 51.1 Å². The number of thiophene rings is 1. The molecule has 1 amide bonds. The van der Waals surface area contributed by atoms with Gasteiger partial charge < -0.3 is 5.32 Å². The van der Waals surface area contributed by atoms with Gasteiger partial charge in [-0.3, -0.25) is 4.79 Å². The van der Waals surface area contributed by atoms with Crippen LogP contribution in [0, 0.1) is 20.8 Å². The van der Waals surface area contributed by atoms with Crippen molar-refractivity contribution in [2.45, 2.75) is 27.3 Å². The predicted octanol–water partition coefficient (Wildman–Crippen LogP) is 2.06. The lowest BCUT2D eigenvalue weighted by Gasteiger charge is -2.02. The Morgan fingerprint density at radius 2 is 2.08 bits per heavy atom. The normalized spacial score (nSPS) is 11.3. The Bertz CT molecular complexity index is 1210. The monoisotopic (exact) mass is 368 g/mol. The zero-order valence-electron chi connectivity index (χ0n) is 14.5. The minimum Gasteiger partial charge on any atom is -0.309 e. The number of aromatic nitrogens is 5. The molecule has 8 nitrogen and oxygen atoms in total. The molecule has 0 bridgehead atoms. The van der Waals surface area contributed by atoms with Crippen molar-refractivity contribution in [1.82, 2.24) is 24.1 Å². The summed E-state index contributed by atoms with van der Waals surface area (Å²) in [5.74, 6) is 0.614. The summed E-state index contributed by atoms with van der Waals surface area (Å²) < 4.78 is 2.61. The molecular formula is C17H16N6O2S. The average Bonchev–Trinajstić information content (AvgIpc) is 3.06. The zero-order chi connectivity index (χ0) is 18.4. The summed E-state index contributed by atoms with van der Waals surface area (Å²) in [6.07, 6.45) is 1.58. The minimum atomic E-state index is -0.383. The number of aryl methyl sites for hydroxylation is 3. The van der Waals surface area contributed by atoms with E-state index in [1.54, 1.807) is 42.7 Å². The Balaban J connectivity index is 1.78. The molecule has 0 atom stereocenters. The van der Waals surface area contributed by atoms with Gasteiger partial charge in [0.25, 0.3) is 0 Å². The Morgan fingerprint density at radius 1 is 1.27 bits per heavy atom. The Hall–Kier alpha value is -3.07. The first-order valence-corrected chi connectivity index (χ1v) is 8.84. The van der Waals surface area contributed by atoms with Crippen molar-refractivity contribution >= 4 is 38.9 Å². The van der Waals surface area contributed by atoms with Crippen molar-refractivity contribution in [3.8, 4) is 0 Å². The maximum atomic E-state index is 12.7. The molecule has 9 heteroatoms. The van der Waals surface area contributed by atoms with E-state index in [1.165, 1.54) is 4.40 Å². The van der Waals surface area contributed by atoms with E-state index < -0.39 is 0 Å². The van der Waals surface area contributed by atoms with Crippen molar-refractivity contribution in [1.29, 1.82) is 0 Å². The highest BCUT2D eigenvalue weighted by Crippen LogP contribution is 2.31. The Morgan fingerprint density at radius 3 is 2.81 bits per heavy atom. The van der Waals surface area contributed by atoms with E-state index in [-0.39, 0.29) is 18.1 Å². The number of nitrogens with one attached hydrogen (secondary N) is 1. The first kappa shape index (κ1) is 16.4. The second-order valence-corrected chi connectivity index (χ2v) is 7.19. The fourth-order valence-corrected chi connectivity index (χ4v) is 3.94. The fraction of sp³-hybridized carbons (Fsp3) is 0.235. The number of amides is 1. The number of fused-ring (bicyclic) bond motifs is 3. The molecule has 0 unspecified atom stereocenters. The summed E-state index contributed by atoms with van der Waals surface area (Å²) in [6, 6.07) is 5.21. The minimum absolute atomic E-state index is 0.194. The van der Waals surface area contributed by atoms with Crippen molar-refractivity contribution in [3.63, 3.8) is 0 Å². The van der Waals surface area contributed by atoms with Gasteiger partial charge >= 0.3 is 5.69 Å². The van der Waals surface area contributed by atoms with E-state index in [2.05, 4.69) is 20.4 Å². The molecule has 0 aromatic carbocycles. The number of anilines is 1. The molecule has 0 radical (unpaired) electrons. The van der Waals surface area contributed by atoms with E-state index in [0.717, 1.165) is 25.3 Å². The molecular weight excluding hydrogens is 352 g/mol. The number of nitrogens with zero attached hydrogens (tertiary/aromatic N) is 5. The average molecular weight is 368 g/mol. The lowest BCUT2D eigenvalue weighted by atomic mass is 10.2. The van der Waals surface area contributed by atoms with Gasteiger partial charge in [0, 0.05) is 11.1 Å². The van der Waals surface area contributed by atoms with E-state index in [9.17, 15) is 9.59 Å². The lowest BCUT2D eigenvalue weighted by molar-refractivity contribution is -0.117. The van der Waals surface area contributed by atoms with Crippen LogP contribution in [0.1, 0.15) is 16.3 Å². The van der Waals surface area contributed by atoms with E-state index in [0.29, 0.717) is 17.3 Å². The smallest absolute Gasteiger partial charge is 0.309 e. The molecule has 26 heavy (non-hydrogen) atoms. The van der Waals surface area contributed by atoms with Crippen LogP contribution in [0.15, 0.2) is 29.2 Å². The zero-order valence-corrected chi connectivity index (χ0v) is 15.3.